The van der Waals surface area contributed by atoms with Gasteiger partial charge in [-0.25, -0.2) is 0 Å². The fraction of sp³-hybridized carbons (Fsp3) is 0.471. The van der Waals surface area contributed by atoms with Crippen molar-refractivity contribution in [3.8, 4) is 0 Å². The van der Waals surface area contributed by atoms with Gasteiger partial charge >= 0.3 is 0 Å². The molecule has 0 atom stereocenters. The van der Waals surface area contributed by atoms with Crippen molar-refractivity contribution in [2.45, 2.75) is 87.0 Å². The topological polar surface area (TPSA) is 3.24 Å². The zero-order valence-electron chi connectivity index (χ0n) is 25.2. The number of fused-ring (bicyclic) bond motifs is 1. The summed E-state index contributed by atoms with van der Waals surface area (Å²) in [6.45, 7) is 27.3. The summed E-state index contributed by atoms with van der Waals surface area (Å²) < 4.78 is 0. The van der Waals surface area contributed by atoms with E-state index in [1.165, 1.54) is 64.6 Å². The van der Waals surface area contributed by atoms with Crippen LogP contribution in [0.4, 0.5) is 0 Å². The van der Waals surface area contributed by atoms with Crippen LogP contribution in [-0.4, -0.2) is 24.7 Å². The SMILES string of the molecule is C=C(C)Cc1cc(C)c(C)cc1C.C=C(SC)c1ccc2c(c1Cl)CCCCC2.C=CN(C)CC.CC. The predicted molar refractivity (Wildman–Crippen MR) is 174 cm³/mol. The first-order valence-corrected chi connectivity index (χ1v) is 15.2. The Morgan fingerprint density at radius 1 is 1.00 bits per heavy atom. The molecule has 0 spiro atoms. The summed E-state index contributed by atoms with van der Waals surface area (Å²) in [4.78, 5) is 3.08. The molecule has 2 aromatic rings. The van der Waals surface area contributed by atoms with Crippen molar-refractivity contribution in [3.05, 3.63) is 99.7 Å². The van der Waals surface area contributed by atoms with E-state index < -0.39 is 0 Å². The lowest BCUT2D eigenvalue weighted by Crippen LogP contribution is -2.06. The van der Waals surface area contributed by atoms with Crippen LogP contribution in [0.25, 0.3) is 4.91 Å². The number of nitrogens with zero attached hydrogens (tertiary/aromatic N) is 1. The second-order valence-electron chi connectivity index (χ2n) is 9.51. The summed E-state index contributed by atoms with van der Waals surface area (Å²) in [6.07, 6.45) is 11.1. The number of benzene rings is 2. The maximum absolute atomic E-state index is 6.50. The molecule has 1 nitrogen and oxygen atoms in total. The standard InChI is InChI=1S/C14H17ClS.C13H18.C5H11N.C2H6/c1-10(16-2)12-9-8-11-6-4-3-5-7-13(11)14(12)15;1-9(2)6-13-8-11(4)10(3)7-12(13)5;1-4-6(3)5-2;1-2/h8-9H,1,3-7H2,2H3;7-8H,1,6H2,2-5H3;4H,1,5H2,2-3H3;1-2H3. The Labute approximate surface area is 239 Å². The fourth-order valence-electron chi connectivity index (χ4n) is 3.95. The minimum atomic E-state index is 0.943. The van der Waals surface area contributed by atoms with Crippen LogP contribution >= 0.6 is 23.4 Å². The molecule has 2 aromatic carbocycles. The van der Waals surface area contributed by atoms with Gasteiger partial charge < -0.3 is 4.90 Å². The summed E-state index contributed by atoms with van der Waals surface area (Å²) in [5.41, 5.74) is 10.7. The smallest absolute Gasteiger partial charge is 0.0524 e. The number of hydrogen-bond donors (Lipinski definition) is 0. The van der Waals surface area contributed by atoms with Crippen LogP contribution in [0.5, 0.6) is 0 Å². The Morgan fingerprint density at radius 2 is 1.59 bits per heavy atom. The molecule has 0 unspecified atom stereocenters. The van der Waals surface area contributed by atoms with E-state index >= 15 is 0 Å². The molecule has 0 N–H and O–H groups in total. The van der Waals surface area contributed by atoms with Gasteiger partial charge in [-0.2, -0.15) is 0 Å². The third-order valence-electron chi connectivity index (χ3n) is 6.51. The minimum absolute atomic E-state index is 0.943. The van der Waals surface area contributed by atoms with Crippen LogP contribution in [0.1, 0.15) is 85.9 Å². The van der Waals surface area contributed by atoms with Crippen molar-refractivity contribution in [2.75, 3.05) is 19.8 Å². The highest BCUT2D eigenvalue weighted by atomic mass is 35.5. The molecule has 1 aliphatic carbocycles. The molecule has 0 aromatic heterocycles. The number of thioether (sulfide) groups is 1. The molecule has 0 amide bonds. The number of aryl methyl sites for hydroxylation is 4. The molecule has 0 radical (unpaired) electrons. The summed E-state index contributed by atoms with van der Waals surface area (Å²) >= 11 is 8.17. The van der Waals surface area contributed by atoms with E-state index in [0.717, 1.165) is 34.9 Å². The molecular formula is C34H52ClNS. The number of rotatable bonds is 6. The molecule has 0 fully saturated rings. The molecule has 3 heteroatoms. The lowest BCUT2D eigenvalue weighted by Gasteiger charge is -2.13. The molecule has 3 rings (SSSR count). The third kappa shape index (κ3) is 12.5. The minimum Gasteiger partial charge on any atom is -0.381 e. The molecule has 0 saturated carbocycles. The zero-order chi connectivity index (χ0) is 28.5. The molecule has 0 heterocycles. The van der Waals surface area contributed by atoms with Gasteiger partial charge in [0.05, 0.1) is 5.02 Å². The average Bonchev–Trinajstić information content (AvgIpc) is 3.14. The van der Waals surface area contributed by atoms with Gasteiger partial charge in [0.25, 0.3) is 0 Å². The number of allylic oxidation sites excluding steroid dienone is 1. The maximum Gasteiger partial charge on any atom is 0.0524 e. The van der Waals surface area contributed by atoms with Crippen molar-refractivity contribution in [1.29, 1.82) is 0 Å². The Hall–Kier alpha value is -1.90. The van der Waals surface area contributed by atoms with Crippen LogP contribution in [-0.2, 0) is 19.3 Å². The van der Waals surface area contributed by atoms with E-state index in [4.69, 9.17) is 11.6 Å². The fourth-order valence-corrected chi connectivity index (χ4v) is 4.79. The second kappa shape index (κ2) is 19.2. The number of halogens is 1. The van der Waals surface area contributed by atoms with Gasteiger partial charge in [-0.3, -0.25) is 0 Å². The monoisotopic (exact) mass is 541 g/mol. The summed E-state index contributed by atoms with van der Waals surface area (Å²) in [5, 5.41) is 0.943. The van der Waals surface area contributed by atoms with Crippen LogP contribution in [0.3, 0.4) is 0 Å². The van der Waals surface area contributed by atoms with E-state index in [1.807, 2.05) is 32.1 Å². The first-order valence-electron chi connectivity index (χ1n) is 13.6. The van der Waals surface area contributed by atoms with Crippen molar-refractivity contribution in [3.63, 3.8) is 0 Å². The zero-order valence-corrected chi connectivity index (χ0v) is 26.8. The summed E-state index contributed by atoms with van der Waals surface area (Å²) in [5.74, 6) is 0. The molecule has 206 valence electrons. The maximum atomic E-state index is 6.50. The lowest BCUT2D eigenvalue weighted by molar-refractivity contribution is 0.486. The van der Waals surface area contributed by atoms with Gasteiger partial charge in [0, 0.05) is 24.1 Å². The summed E-state index contributed by atoms with van der Waals surface area (Å²) in [6, 6.07) is 8.90. The van der Waals surface area contributed by atoms with E-state index in [0.29, 0.717) is 0 Å². The van der Waals surface area contributed by atoms with Crippen molar-refractivity contribution < 1.29 is 0 Å². The van der Waals surface area contributed by atoms with Crippen molar-refractivity contribution >= 4 is 28.3 Å². The molecule has 0 bridgehead atoms. The van der Waals surface area contributed by atoms with Crippen LogP contribution < -0.4 is 0 Å². The van der Waals surface area contributed by atoms with Gasteiger partial charge in [-0.05, 0) is 113 Å². The first-order chi connectivity index (χ1) is 17.5. The molecule has 0 aliphatic heterocycles. The van der Waals surface area contributed by atoms with E-state index in [-0.39, 0.29) is 0 Å². The summed E-state index contributed by atoms with van der Waals surface area (Å²) in [7, 11) is 1.99. The molecular weight excluding hydrogens is 490 g/mol. The van der Waals surface area contributed by atoms with E-state index in [2.05, 4.69) is 78.6 Å². The molecule has 1 aliphatic rings. The Balaban J connectivity index is 0.000000555. The highest BCUT2D eigenvalue weighted by Crippen LogP contribution is 2.35. The predicted octanol–water partition coefficient (Wildman–Crippen LogP) is 10.8. The van der Waals surface area contributed by atoms with E-state index in [9.17, 15) is 0 Å². The van der Waals surface area contributed by atoms with E-state index in [1.54, 1.807) is 18.0 Å². The third-order valence-corrected chi connectivity index (χ3v) is 7.66. The van der Waals surface area contributed by atoms with Gasteiger partial charge in [-0.1, -0.05) is 81.4 Å². The van der Waals surface area contributed by atoms with Gasteiger partial charge in [0.2, 0.25) is 0 Å². The largest absolute Gasteiger partial charge is 0.381 e. The molecule has 37 heavy (non-hydrogen) atoms. The van der Waals surface area contributed by atoms with Gasteiger partial charge in [0.15, 0.2) is 0 Å². The van der Waals surface area contributed by atoms with Crippen molar-refractivity contribution in [1.82, 2.24) is 4.90 Å². The quantitative estimate of drug-likeness (QED) is 0.264. The van der Waals surface area contributed by atoms with Crippen LogP contribution in [0.2, 0.25) is 5.02 Å². The average molecular weight is 542 g/mol. The highest BCUT2D eigenvalue weighted by Gasteiger charge is 2.15. The van der Waals surface area contributed by atoms with Gasteiger partial charge in [-0.15, -0.1) is 11.8 Å². The number of hydrogen-bond acceptors (Lipinski definition) is 2. The second-order valence-corrected chi connectivity index (χ2v) is 10.8. The Bertz CT molecular complexity index is 1010. The lowest BCUT2D eigenvalue weighted by atomic mass is 9.97. The Kier molecular flexibility index (Phi) is 18.2. The van der Waals surface area contributed by atoms with Crippen molar-refractivity contribution in [2.24, 2.45) is 0 Å². The normalized spacial score (nSPS) is 11.6. The first kappa shape index (κ1) is 35.1. The van der Waals surface area contributed by atoms with Gasteiger partial charge in [0.1, 0.15) is 0 Å². The van der Waals surface area contributed by atoms with Crippen LogP contribution in [0, 0.1) is 20.8 Å². The Morgan fingerprint density at radius 3 is 2.11 bits per heavy atom. The highest BCUT2D eigenvalue weighted by molar-refractivity contribution is 8.07. The van der Waals surface area contributed by atoms with Crippen LogP contribution in [0.15, 0.2) is 55.8 Å². The molecule has 0 saturated heterocycles.